The van der Waals surface area contributed by atoms with Crippen molar-refractivity contribution in [2.75, 3.05) is 0 Å². The summed E-state index contributed by atoms with van der Waals surface area (Å²) in [5.41, 5.74) is 0.690. The molecule has 0 bridgehead atoms. The largest absolute Gasteiger partial charge is 0.349 e. The van der Waals surface area contributed by atoms with E-state index in [9.17, 15) is 4.79 Å². The van der Waals surface area contributed by atoms with Crippen molar-refractivity contribution in [2.45, 2.75) is 26.3 Å². The third-order valence-electron chi connectivity index (χ3n) is 2.13. The summed E-state index contributed by atoms with van der Waals surface area (Å²) in [6.07, 6.45) is 0.901. The van der Waals surface area contributed by atoms with Gasteiger partial charge in [0, 0.05) is 11.6 Å². The minimum absolute atomic E-state index is 0.0160. The summed E-state index contributed by atoms with van der Waals surface area (Å²) in [5, 5.41) is 2.88. The maximum absolute atomic E-state index is 11.7. The van der Waals surface area contributed by atoms with Gasteiger partial charge in [-0.1, -0.05) is 32.0 Å². The van der Waals surface area contributed by atoms with Crippen LogP contribution in [-0.2, 0) is 0 Å². The van der Waals surface area contributed by atoms with Gasteiger partial charge in [0.15, 0.2) is 0 Å². The van der Waals surface area contributed by atoms with Gasteiger partial charge in [0.25, 0.3) is 5.91 Å². The molecule has 0 aliphatic carbocycles. The molecule has 0 fully saturated rings. The maximum Gasteiger partial charge on any atom is 0.251 e. The molecule has 0 spiro atoms. The molecule has 1 aromatic rings. The summed E-state index contributed by atoms with van der Waals surface area (Å²) in [7, 11) is 0. The lowest BCUT2D eigenvalue weighted by Gasteiger charge is -2.15. The van der Waals surface area contributed by atoms with Crippen molar-refractivity contribution in [1.29, 1.82) is 0 Å². The summed E-state index contributed by atoms with van der Waals surface area (Å²) >= 11 is 0. The van der Waals surface area contributed by atoms with E-state index in [0.29, 0.717) is 11.5 Å². The van der Waals surface area contributed by atoms with Crippen molar-refractivity contribution >= 4 is 5.91 Å². The zero-order valence-electron chi connectivity index (χ0n) is 9.36. The van der Waals surface area contributed by atoms with Gasteiger partial charge in [-0.3, -0.25) is 4.79 Å². The quantitative estimate of drug-likeness (QED) is 0.802. The highest BCUT2D eigenvalue weighted by atomic mass is 16.1. The lowest BCUT2D eigenvalue weighted by atomic mass is 10.0. The Kier molecular flexibility index (Phi) is 4.35. The highest BCUT2D eigenvalue weighted by Gasteiger charge is 2.10. The zero-order valence-corrected chi connectivity index (χ0v) is 9.36. The van der Waals surface area contributed by atoms with Crippen LogP contribution in [0.3, 0.4) is 0 Å². The molecule has 0 saturated heterocycles. The number of benzene rings is 1. The third-order valence-corrected chi connectivity index (χ3v) is 2.13. The van der Waals surface area contributed by atoms with Gasteiger partial charge < -0.3 is 5.32 Å². The van der Waals surface area contributed by atoms with E-state index in [-0.39, 0.29) is 11.9 Å². The van der Waals surface area contributed by atoms with Crippen LogP contribution in [0.15, 0.2) is 30.3 Å². The van der Waals surface area contributed by atoms with Crippen molar-refractivity contribution in [3.8, 4) is 0 Å². The fourth-order valence-corrected chi connectivity index (χ4v) is 1.49. The molecule has 0 aliphatic heterocycles. The van der Waals surface area contributed by atoms with Crippen LogP contribution in [-0.4, -0.2) is 11.9 Å². The number of carbonyl (C=O) groups is 1. The number of hydrogen-bond acceptors (Lipinski definition) is 1. The van der Waals surface area contributed by atoms with E-state index < -0.39 is 0 Å². The molecule has 0 unspecified atom stereocenters. The maximum atomic E-state index is 11.7. The fraction of sp³-hybridized carbons (Fsp3) is 0.385. The van der Waals surface area contributed by atoms with Crippen LogP contribution in [0.4, 0.5) is 0 Å². The number of nitrogens with one attached hydrogen (secondary N) is 1. The number of hydrogen-bond donors (Lipinski definition) is 1. The molecule has 0 aliphatic rings. The van der Waals surface area contributed by atoms with E-state index in [1.54, 1.807) is 12.1 Å². The second kappa shape index (κ2) is 5.54. The smallest absolute Gasteiger partial charge is 0.251 e. The average Bonchev–Trinajstić information content (AvgIpc) is 2.17. The summed E-state index contributed by atoms with van der Waals surface area (Å²) in [6.45, 7) is 8.15. The first-order valence-electron chi connectivity index (χ1n) is 5.28. The highest BCUT2D eigenvalue weighted by molar-refractivity contribution is 5.94. The van der Waals surface area contributed by atoms with Crippen molar-refractivity contribution in [2.24, 2.45) is 5.92 Å². The van der Waals surface area contributed by atoms with Crippen molar-refractivity contribution < 1.29 is 4.79 Å². The van der Waals surface area contributed by atoms with E-state index in [0.717, 1.165) is 6.42 Å². The highest BCUT2D eigenvalue weighted by Crippen LogP contribution is 2.05. The molecule has 2 nitrogen and oxygen atoms in total. The van der Waals surface area contributed by atoms with Gasteiger partial charge in [0.2, 0.25) is 0 Å². The predicted octanol–water partition coefficient (Wildman–Crippen LogP) is 2.67. The normalized spacial score (nSPS) is 12.5. The Morgan fingerprint density at radius 3 is 2.47 bits per heavy atom. The lowest BCUT2D eigenvalue weighted by Crippen LogP contribution is -2.33. The van der Waals surface area contributed by atoms with Gasteiger partial charge in [0.05, 0.1) is 0 Å². The summed E-state index contributed by atoms with van der Waals surface area (Å²) in [5.74, 6) is 0.500. The van der Waals surface area contributed by atoms with E-state index in [2.05, 4.69) is 26.1 Å². The molecular weight excluding hydrogens is 186 g/mol. The first-order chi connectivity index (χ1) is 7.09. The number of carbonyl (C=O) groups excluding carboxylic acids is 1. The standard InChI is InChI=1S/C13H18NO/c1-10(2)9-11(3)14-13(15)12-7-5-4-6-8-12/h4-8,10-11H,3,9H2,1-2H3,(H,14,15)/t11-/m0/s1. The molecule has 0 aromatic heterocycles. The van der Waals surface area contributed by atoms with Gasteiger partial charge >= 0.3 is 0 Å². The Bertz CT molecular complexity index is 306. The molecule has 1 aromatic carbocycles. The Morgan fingerprint density at radius 2 is 1.93 bits per heavy atom. The molecule has 1 atom stereocenters. The lowest BCUT2D eigenvalue weighted by molar-refractivity contribution is 0.0940. The Balaban J connectivity index is 2.49. The predicted molar refractivity (Wildman–Crippen MR) is 62.5 cm³/mol. The van der Waals surface area contributed by atoms with Gasteiger partial charge in [-0.05, 0) is 31.4 Å². The number of amides is 1. The van der Waals surface area contributed by atoms with Crippen LogP contribution >= 0.6 is 0 Å². The Hall–Kier alpha value is -1.31. The molecule has 0 heterocycles. The molecule has 15 heavy (non-hydrogen) atoms. The summed E-state index contributed by atoms with van der Waals surface area (Å²) < 4.78 is 0. The van der Waals surface area contributed by atoms with Crippen molar-refractivity contribution in [1.82, 2.24) is 5.32 Å². The van der Waals surface area contributed by atoms with E-state index in [4.69, 9.17) is 0 Å². The molecule has 1 amide bonds. The second-order valence-corrected chi connectivity index (χ2v) is 4.17. The molecular formula is C13H18NO. The van der Waals surface area contributed by atoms with Crippen molar-refractivity contribution in [3.05, 3.63) is 42.8 Å². The molecule has 1 N–H and O–H groups in total. The fourth-order valence-electron chi connectivity index (χ4n) is 1.49. The van der Waals surface area contributed by atoms with Crippen LogP contribution < -0.4 is 5.32 Å². The van der Waals surface area contributed by atoms with Gasteiger partial charge in [-0.25, -0.2) is 0 Å². The van der Waals surface area contributed by atoms with Crippen molar-refractivity contribution in [3.63, 3.8) is 0 Å². The van der Waals surface area contributed by atoms with Crippen LogP contribution in [0.25, 0.3) is 0 Å². The summed E-state index contributed by atoms with van der Waals surface area (Å²) in [6, 6.07) is 9.20. The minimum atomic E-state index is -0.0451. The van der Waals surface area contributed by atoms with Crippen LogP contribution in [0.1, 0.15) is 30.6 Å². The van der Waals surface area contributed by atoms with Gasteiger partial charge in [0.1, 0.15) is 0 Å². The zero-order chi connectivity index (χ0) is 11.3. The van der Waals surface area contributed by atoms with Crippen LogP contribution in [0.2, 0.25) is 0 Å². The summed E-state index contributed by atoms with van der Waals surface area (Å²) in [4.78, 5) is 11.7. The van der Waals surface area contributed by atoms with E-state index in [1.165, 1.54) is 0 Å². The minimum Gasteiger partial charge on any atom is -0.349 e. The van der Waals surface area contributed by atoms with Gasteiger partial charge in [-0.15, -0.1) is 0 Å². The first kappa shape index (κ1) is 11.8. The van der Waals surface area contributed by atoms with Gasteiger partial charge in [-0.2, -0.15) is 0 Å². The molecule has 0 saturated carbocycles. The molecule has 81 valence electrons. The second-order valence-electron chi connectivity index (χ2n) is 4.17. The SMILES string of the molecule is [CH2][C@@H](CC(C)C)NC(=O)c1ccccc1. The topological polar surface area (TPSA) is 29.1 Å². The molecule has 1 rings (SSSR count). The monoisotopic (exact) mass is 204 g/mol. The average molecular weight is 204 g/mol. The first-order valence-corrected chi connectivity index (χ1v) is 5.28. The van der Waals surface area contributed by atoms with Crippen LogP contribution in [0.5, 0.6) is 0 Å². The van der Waals surface area contributed by atoms with E-state index in [1.807, 2.05) is 18.2 Å². The molecule has 2 heteroatoms. The van der Waals surface area contributed by atoms with E-state index >= 15 is 0 Å². The third kappa shape index (κ3) is 4.15. The van der Waals surface area contributed by atoms with Crippen LogP contribution in [0, 0.1) is 12.8 Å². The Morgan fingerprint density at radius 1 is 1.33 bits per heavy atom. The number of rotatable bonds is 4. The molecule has 1 radical (unpaired) electrons. The Labute approximate surface area is 91.7 Å².